The number of rotatable bonds is 3. The smallest absolute Gasteiger partial charge is 0.0236 e. The highest BCUT2D eigenvalue weighted by Crippen LogP contribution is 2.29. The highest BCUT2D eigenvalue weighted by molar-refractivity contribution is 5.85. The lowest BCUT2D eigenvalue weighted by molar-refractivity contribution is 0.184. The van der Waals surface area contributed by atoms with E-state index in [4.69, 9.17) is 0 Å². The maximum Gasteiger partial charge on any atom is 0.0236 e. The summed E-state index contributed by atoms with van der Waals surface area (Å²) in [5.74, 6) is 1.70. The third kappa shape index (κ3) is 5.13. The molecule has 2 nitrogen and oxygen atoms in total. The van der Waals surface area contributed by atoms with E-state index in [2.05, 4.69) is 41.4 Å². The Morgan fingerprint density at radius 1 is 1.00 bits per heavy atom. The molecule has 1 aromatic carbocycles. The Morgan fingerprint density at radius 3 is 2.32 bits per heavy atom. The van der Waals surface area contributed by atoms with Crippen LogP contribution in [0.1, 0.15) is 49.7 Å². The molecule has 3 rings (SSSR count). The van der Waals surface area contributed by atoms with E-state index in [-0.39, 0.29) is 24.8 Å². The van der Waals surface area contributed by atoms with Crippen molar-refractivity contribution in [2.75, 3.05) is 26.2 Å². The summed E-state index contributed by atoms with van der Waals surface area (Å²) in [6.45, 7) is 8.47. The molecule has 0 aromatic heterocycles. The highest BCUT2D eigenvalue weighted by atomic mass is 35.5. The Bertz CT molecular complexity index is 425. The van der Waals surface area contributed by atoms with Gasteiger partial charge in [0.15, 0.2) is 0 Å². The molecule has 2 fully saturated rings. The van der Waals surface area contributed by atoms with Crippen molar-refractivity contribution in [2.45, 2.75) is 45.1 Å². The van der Waals surface area contributed by atoms with Crippen molar-refractivity contribution in [1.29, 1.82) is 0 Å². The summed E-state index contributed by atoms with van der Waals surface area (Å²) in [7, 11) is 0. The van der Waals surface area contributed by atoms with Gasteiger partial charge in [-0.15, -0.1) is 24.8 Å². The standard InChI is InChI=1S/C18H28N2.2ClH/c1-15-8-12-20(13-9-15)14-17-4-2-3-5-18(17)16-6-10-19-11-7-16;;/h2-5,15-16,19H,6-14H2,1H3;2*1H. The topological polar surface area (TPSA) is 15.3 Å². The van der Waals surface area contributed by atoms with Crippen LogP contribution >= 0.6 is 24.8 Å². The van der Waals surface area contributed by atoms with Gasteiger partial charge < -0.3 is 5.32 Å². The van der Waals surface area contributed by atoms with Crippen molar-refractivity contribution in [3.8, 4) is 0 Å². The first kappa shape index (κ1) is 19.8. The minimum absolute atomic E-state index is 0. The van der Waals surface area contributed by atoms with E-state index in [1.807, 2.05) is 0 Å². The van der Waals surface area contributed by atoms with Crippen LogP contribution in [-0.2, 0) is 6.54 Å². The number of nitrogens with one attached hydrogen (secondary N) is 1. The fourth-order valence-corrected chi connectivity index (χ4v) is 3.67. The lowest BCUT2D eigenvalue weighted by atomic mass is 9.86. The number of halogens is 2. The van der Waals surface area contributed by atoms with E-state index >= 15 is 0 Å². The summed E-state index contributed by atoms with van der Waals surface area (Å²) in [6.07, 6.45) is 5.34. The zero-order valence-corrected chi connectivity index (χ0v) is 15.2. The monoisotopic (exact) mass is 344 g/mol. The highest BCUT2D eigenvalue weighted by Gasteiger charge is 2.20. The lowest BCUT2D eigenvalue weighted by Gasteiger charge is -2.32. The van der Waals surface area contributed by atoms with Crippen LogP contribution in [0.15, 0.2) is 24.3 Å². The normalized spacial score (nSPS) is 21.0. The second kappa shape index (κ2) is 9.77. The Balaban J connectivity index is 0.00000121. The first-order valence-electron chi connectivity index (χ1n) is 8.34. The predicted molar refractivity (Wildman–Crippen MR) is 99.5 cm³/mol. The van der Waals surface area contributed by atoms with E-state index in [1.54, 1.807) is 11.1 Å². The molecule has 0 radical (unpaired) electrons. The second-order valence-corrected chi connectivity index (χ2v) is 6.68. The maximum atomic E-state index is 3.48. The average molecular weight is 345 g/mol. The molecular weight excluding hydrogens is 315 g/mol. The van der Waals surface area contributed by atoms with Crippen molar-refractivity contribution >= 4 is 24.8 Å². The van der Waals surface area contributed by atoms with Gasteiger partial charge in [0.2, 0.25) is 0 Å². The van der Waals surface area contributed by atoms with Gasteiger partial charge in [-0.2, -0.15) is 0 Å². The van der Waals surface area contributed by atoms with Crippen LogP contribution in [0, 0.1) is 5.92 Å². The zero-order chi connectivity index (χ0) is 13.8. The predicted octanol–water partition coefficient (Wildman–Crippen LogP) is 4.23. The van der Waals surface area contributed by atoms with Crippen LogP contribution in [0.3, 0.4) is 0 Å². The number of likely N-dealkylation sites (tertiary alicyclic amines) is 1. The van der Waals surface area contributed by atoms with Crippen LogP contribution in [0.25, 0.3) is 0 Å². The minimum Gasteiger partial charge on any atom is -0.317 e. The number of nitrogens with zero attached hydrogens (tertiary/aromatic N) is 1. The summed E-state index contributed by atoms with van der Waals surface area (Å²) in [5.41, 5.74) is 3.20. The molecule has 126 valence electrons. The molecule has 0 amide bonds. The van der Waals surface area contributed by atoms with Crippen molar-refractivity contribution in [3.05, 3.63) is 35.4 Å². The third-order valence-electron chi connectivity index (χ3n) is 5.10. The minimum atomic E-state index is 0. The van der Waals surface area contributed by atoms with E-state index in [1.165, 1.54) is 51.9 Å². The quantitative estimate of drug-likeness (QED) is 0.882. The SMILES string of the molecule is CC1CCN(Cc2ccccc2C2CCNCC2)CC1.Cl.Cl. The molecular formula is C18H30Cl2N2. The Morgan fingerprint density at radius 2 is 1.64 bits per heavy atom. The molecule has 1 aromatic rings. The molecule has 22 heavy (non-hydrogen) atoms. The van der Waals surface area contributed by atoms with Gasteiger partial charge in [-0.3, -0.25) is 4.90 Å². The van der Waals surface area contributed by atoms with Gasteiger partial charge in [-0.25, -0.2) is 0 Å². The third-order valence-corrected chi connectivity index (χ3v) is 5.10. The van der Waals surface area contributed by atoms with Crippen molar-refractivity contribution < 1.29 is 0 Å². The Hall–Kier alpha value is -0.280. The number of piperidine rings is 2. The number of benzene rings is 1. The van der Waals surface area contributed by atoms with Gasteiger partial charge in [0, 0.05) is 6.54 Å². The van der Waals surface area contributed by atoms with Gasteiger partial charge in [-0.05, 0) is 74.8 Å². The second-order valence-electron chi connectivity index (χ2n) is 6.68. The Labute approximate surface area is 147 Å². The number of hydrogen-bond acceptors (Lipinski definition) is 2. The van der Waals surface area contributed by atoms with Gasteiger partial charge >= 0.3 is 0 Å². The van der Waals surface area contributed by atoms with Gasteiger partial charge in [0.25, 0.3) is 0 Å². The maximum absolute atomic E-state index is 3.48. The first-order valence-corrected chi connectivity index (χ1v) is 8.34. The molecule has 2 heterocycles. The fraction of sp³-hybridized carbons (Fsp3) is 0.667. The summed E-state index contributed by atoms with van der Waals surface area (Å²) < 4.78 is 0. The molecule has 1 N–H and O–H groups in total. The van der Waals surface area contributed by atoms with E-state index in [0.717, 1.165) is 18.4 Å². The zero-order valence-electron chi connectivity index (χ0n) is 13.6. The van der Waals surface area contributed by atoms with Crippen LogP contribution in [0.4, 0.5) is 0 Å². The van der Waals surface area contributed by atoms with Crippen LogP contribution in [-0.4, -0.2) is 31.1 Å². The van der Waals surface area contributed by atoms with Crippen molar-refractivity contribution in [1.82, 2.24) is 10.2 Å². The molecule has 0 unspecified atom stereocenters. The van der Waals surface area contributed by atoms with Crippen molar-refractivity contribution in [3.63, 3.8) is 0 Å². The summed E-state index contributed by atoms with van der Waals surface area (Å²) in [4.78, 5) is 2.65. The van der Waals surface area contributed by atoms with E-state index < -0.39 is 0 Å². The lowest BCUT2D eigenvalue weighted by Crippen LogP contribution is -2.33. The van der Waals surface area contributed by atoms with Gasteiger partial charge in [0.05, 0.1) is 0 Å². The molecule has 2 aliphatic rings. The largest absolute Gasteiger partial charge is 0.317 e. The van der Waals surface area contributed by atoms with Gasteiger partial charge in [0.1, 0.15) is 0 Å². The Kier molecular flexibility index (Phi) is 8.78. The summed E-state index contributed by atoms with van der Waals surface area (Å²) in [5, 5.41) is 3.48. The molecule has 2 aliphatic heterocycles. The van der Waals surface area contributed by atoms with Crippen LogP contribution in [0.5, 0.6) is 0 Å². The molecule has 2 saturated heterocycles. The number of hydrogen-bond donors (Lipinski definition) is 1. The molecule has 0 atom stereocenters. The molecule has 0 spiro atoms. The fourth-order valence-electron chi connectivity index (χ4n) is 3.67. The molecule has 0 aliphatic carbocycles. The molecule has 0 bridgehead atoms. The van der Waals surface area contributed by atoms with Gasteiger partial charge in [-0.1, -0.05) is 31.2 Å². The summed E-state index contributed by atoms with van der Waals surface area (Å²) in [6, 6.07) is 9.17. The first-order chi connectivity index (χ1) is 9.83. The summed E-state index contributed by atoms with van der Waals surface area (Å²) >= 11 is 0. The van der Waals surface area contributed by atoms with Crippen LogP contribution in [0.2, 0.25) is 0 Å². The van der Waals surface area contributed by atoms with E-state index in [9.17, 15) is 0 Å². The van der Waals surface area contributed by atoms with E-state index in [0.29, 0.717) is 0 Å². The molecule has 0 saturated carbocycles. The van der Waals surface area contributed by atoms with Crippen LogP contribution < -0.4 is 5.32 Å². The molecule has 4 heteroatoms. The van der Waals surface area contributed by atoms with Crippen molar-refractivity contribution in [2.24, 2.45) is 5.92 Å². The average Bonchev–Trinajstić information content (AvgIpc) is 2.51.